The Morgan fingerprint density at radius 2 is 1.80 bits per heavy atom. The number of unbranched alkanes of at least 4 members (excludes halogenated alkanes) is 1. The maximum Gasteiger partial charge on any atom is 0.232 e. The predicted octanol–water partition coefficient (Wildman–Crippen LogP) is 2.67. The van der Waals surface area contributed by atoms with Gasteiger partial charge in [-0.1, -0.05) is 13.3 Å². The third kappa shape index (κ3) is 4.79. The Kier molecular flexibility index (Phi) is 6.06. The molecule has 2 aliphatic rings. The summed E-state index contributed by atoms with van der Waals surface area (Å²) in [5.74, 6) is 0.167. The fourth-order valence-corrected chi connectivity index (χ4v) is 4.68. The molecule has 1 N–H and O–H groups in total. The molecule has 1 aromatic rings. The van der Waals surface area contributed by atoms with Crippen molar-refractivity contribution >= 4 is 27.1 Å². The highest BCUT2D eigenvalue weighted by Gasteiger charge is 2.21. The molecule has 7 heteroatoms. The standard InChI is InChI=1S/C18H29N3O3S/c1-2-3-14-25(22,23)19-17-15-16(20-8-4-5-9-20)6-7-18(17)21-10-12-24-13-11-21/h6-7,15,19H,2-5,8-14H2,1H3. The minimum atomic E-state index is -3.32. The lowest BCUT2D eigenvalue weighted by atomic mass is 10.2. The van der Waals surface area contributed by atoms with Crippen molar-refractivity contribution in [2.24, 2.45) is 0 Å². The van der Waals surface area contributed by atoms with Crippen LogP contribution in [0.2, 0.25) is 0 Å². The number of rotatable bonds is 7. The first-order valence-corrected chi connectivity index (χ1v) is 11.0. The molecule has 140 valence electrons. The maximum atomic E-state index is 12.5. The van der Waals surface area contributed by atoms with Gasteiger partial charge in [-0.2, -0.15) is 0 Å². The lowest BCUT2D eigenvalue weighted by Gasteiger charge is -2.31. The Labute approximate surface area is 151 Å². The van der Waals surface area contributed by atoms with E-state index in [0.717, 1.165) is 44.0 Å². The molecule has 2 saturated heterocycles. The molecule has 2 heterocycles. The molecule has 0 radical (unpaired) electrons. The largest absolute Gasteiger partial charge is 0.378 e. The van der Waals surface area contributed by atoms with E-state index in [0.29, 0.717) is 25.3 Å². The van der Waals surface area contributed by atoms with Gasteiger partial charge in [-0.05, 0) is 37.5 Å². The first kappa shape index (κ1) is 18.3. The molecule has 0 aromatic heterocycles. The fourth-order valence-electron chi connectivity index (χ4n) is 3.41. The highest BCUT2D eigenvalue weighted by molar-refractivity contribution is 7.92. The number of ether oxygens (including phenoxy) is 1. The summed E-state index contributed by atoms with van der Waals surface area (Å²) in [5, 5.41) is 0. The van der Waals surface area contributed by atoms with Gasteiger partial charge >= 0.3 is 0 Å². The number of nitrogens with zero attached hydrogens (tertiary/aromatic N) is 2. The molecule has 0 saturated carbocycles. The van der Waals surface area contributed by atoms with Gasteiger partial charge in [-0.25, -0.2) is 8.42 Å². The van der Waals surface area contributed by atoms with Crippen LogP contribution in [0.3, 0.4) is 0 Å². The third-order valence-electron chi connectivity index (χ3n) is 4.84. The minimum Gasteiger partial charge on any atom is -0.378 e. The van der Waals surface area contributed by atoms with Crippen LogP contribution in [0.4, 0.5) is 17.1 Å². The predicted molar refractivity (Wildman–Crippen MR) is 103 cm³/mol. The summed E-state index contributed by atoms with van der Waals surface area (Å²) in [6.45, 7) is 7.01. The molecule has 2 aliphatic heterocycles. The van der Waals surface area contributed by atoms with E-state index in [1.54, 1.807) is 0 Å². The van der Waals surface area contributed by atoms with Crippen molar-refractivity contribution in [2.75, 3.05) is 59.7 Å². The first-order chi connectivity index (χ1) is 12.1. The van der Waals surface area contributed by atoms with E-state index in [9.17, 15) is 8.42 Å². The first-order valence-electron chi connectivity index (χ1n) is 9.31. The second-order valence-corrected chi connectivity index (χ2v) is 8.61. The number of benzene rings is 1. The summed E-state index contributed by atoms with van der Waals surface area (Å²) in [6, 6.07) is 6.16. The molecular weight excluding hydrogens is 338 g/mol. The molecule has 0 unspecified atom stereocenters. The van der Waals surface area contributed by atoms with Gasteiger partial charge in [0.15, 0.2) is 0 Å². The Hall–Kier alpha value is -1.47. The van der Waals surface area contributed by atoms with Crippen LogP contribution < -0.4 is 14.5 Å². The van der Waals surface area contributed by atoms with Crippen LogP contribution in [0.25, 0.3) is 0 Å². The van der Waals surface area contributed by atoms with Gasteiger partial charge in [-0.15, -0.1) is 0 Å². The number of nitrogens with one attached hydrogen (secondary N) is 1. The quantitative estimate of drug-likeness (QED) is 0.803. The fraction of sp³-hybridized carbons (Fsp3) is 0.667. The average Bonchev–Trinajstić information content (AvgIpc) is 3.15. The molecule has 0 spiro atoms. The Balaban J connectivity index is 1.88. The molecule has 1 aromatic carbocycles. The second kappa shape index (κ2) is 8.27. The van der Waals surface area contributed by atoms with Crippen LogP contribution in [-0.4, -0.2) is 53.6 Å². The summed E-state index contributed by atoms with van der Waals surface area (Å²) in [5.41, 5.74) is 2.75. The summed E-state index contributed by atoms with van der Waals surface area (Å²) < 4.78 is 33.2. The molecule has 25 heavy (non-hydrogen) atoms. The van der Waals surface area contributed by atoms with Crippen LogP contribution in [0, 0.1) is 0 Å². The van der Waals surface area contributed by atoms with Crippen molar-refractivity contribution in [3.8, 4) is 0 Å². The van der Waals surface area contributed by atoms with Gasteiger partial charge in [0, 0.05) is 31.9 Å². The molecule has 0 amide bonds. The van der Waals surface area contributed by atoms with Gasteiger partial charge in [0.2, 0.25) is 10.0 Å². The monoisotopic (exact) mass is 367 g/mol. The molecule has 0 atom stereocenters. The highest BCUT2D eigenvalue weighted by atomic mass is 32.2. The minimum absolute atomic E-state index is 0.167. The van der Waals surface area contributed by atoms with Crippen molar-refractivity contribution in [3.05, 3.63) is 18.2 Å². The number of anilines is 3. The lowest BCUT2D eigenvalue weighted by molar-refractivity contribution is 0.123. The number of sulfonamides is 1. The highest BCUT2D eigenvalue weighted by Crippen LogP contribution is 2.33. The Morgan fingerprint density at radius 3 is 2.48 bits per heavy atom. The zero-order valence-corrected chi connectivity index (χ0v) is 15.9. The normalized spacial score (nSPS) is 18.6. The average molecular weight is 368 g/mol. The van der Waals surface area contributed by atoms with Crippen LogP contribution >= 0.6 is 0 Å². The Bertz CT molecular complexity index is 666. The smallest absolute Gasteiger partial charge is 0.232 e. The third-order valence-corrected chi connectivity index (χ3v) is 6.19. The van der Waals surface area contributed by atoms with Gasteiger partial charge in [0.05, 0.1) is 30.3 Å². The second-order valence-electron chi connectivity index (χ2n) is 6.77. The van der Waals surface area contributed by atoms with Crippen LogP contribution in [0.5, 0.6) is 0 Å². The number of hydrogen-bond acceptors (Lipinski definition) is 5. The topological polar surface area (TPSA) is 61.9 Å². The Morgan fingerprint density at radius 1 is 1.08 bits per heavy atom. The molecule has 2 fully saturated rings. The van der Waals surface area contributed by atoms with E-state index in [1.165, 1.54) is 12.8 Å². The van der Waals surface area contributed by atoms with Crippen molar-refractivity contribution in [1.82, 2.24) is 0 Å². The molecule has 3 rings (SSSR count). The van der Waals surface area contributed by atoms with Crippen molar-refractivity contribution in [2.45, 2.75) is 32.6 Å². The van der Waals surface area contributed by atoms with Crippen molar-refractivity contribution < 1.29 is 13.2 Å². The van der Waals surface area contributed by atoms with Crippen molar-refractivity contribution in [1.29, 1.82) is 0 Å². The zero-order chi connectivity index (χ0) is 17.7. The van der Waals surface area contributed by atoms with Crippen LogP contribution in [0.15, 0.2) is 18.2 Å². The molecule has 0 aliphatic carbocycles. The van der Waals surface area contributed by atoms with Crippen LogP contribution in [-0.2, 0) is 14.8 Å². The molecular formula is C18H29N3O3S. The summed E-state index contributed by atoms with van der Waals surface area (Å²) in [4.78, 5) is 4.53. The van der Waals surface area contributed by atoms with E-state index in [4.69, 9.17) is 4.74 Å². The number of morpholine rings is 1. The van der Waals surface area contributed by atoms with Crippen LogP contribution in [0.1, 0.15) is 32.6 Å². The molecule has 6 nitrogen and oxygen atoms in total. The van der Waals surface area contributed by atoms with E-state index in [-0.39, 0.29) is 5.75 Å². The van der Waals surface area contributed by atoms with E-state index in [1.807, 2.05) is 13.0 Å². The zero-order valence-electron chi connectivity index (χ0n) is 15.0. The summed E-state index contributed by atoms with van der Waals surface area (Å²) in [6.07, 6.45) is 3.94. The van der Waals surface area contributed by atoms with E-state index < -0.39 is 10.0 Å². The summed E-state index contributed by atoms with van der Waals surface area (Å²) >= 11 is 0. The van der Waals surface area contributed by atoms with E-state index >= 15 is 0 Å². The SMILES string of the molecule is CCCCS(=O)(=O)Nc1cc(N2CCCC2)ccc1N1CCOCC1. The number of hydrogen-bond donors (Lipinski definition) is 1. The van der Waals surface area contributed by atoms with E-state index in [2.05, 4.69) is 26.7 Å². The van der Waals surface area contributed by atoms with Gasteiger partial charge in [0.25, 0.3) is 0 Å². The van der Waals surface area contributed by atoms with Gasteiger partial charge < -0.3 is 14.5 Å². The van der Waals surface area contributed by atoms with Gasteiger partial charge in [-0.3, -0.25) is 4.72 Å². The van der Waals surface area contributed by atoms with Gasteiger partial charge in [0.1, 0.15) is 0 Å². The maximum absolute atomic E-state index is 12.5. The van der Waals surface area contributed by atoms with Crippen molar-refractivity contribution in [3.63, 3.8) is 0 Å². The lowest BCUT2D eigenvalue weighted by Crippen LogP contribution is -2.37. The molecule has 0 bridgehead atoms. The summed E-state index contributed by atoms with van der Waals surface area (Å²) in [7, 11) is -3.32.